The number of ether oxygens (including phenoxy) is 1. The molecular formula is C17H20ClNO. The van der Waals surface area contributed by atoms with Gasteiger partial charge < -0.3 is 10.1 Å². The van der Waals surface area contributed by atoms with Gasteiger partial charge in [0, 0.05) is 11.6 Å². The van der Waals surface area contributed by atoms with Crippen LogP contribution >= 0.6 is 11.6 Å². The number of rotatable bonds is 5. The fraction of sp³-hybridized carbons (Fsp3) is 0.294. The number of aryl methyl sites for hydroxylation is 2. The van der Waals surface area contributed by atoms with Gasteiger partial charge in [-0.3, -0.25) is 0 Å². The van der Waals surface area contributed by atoms with Crippen molar-refractivity contribution in [3.8, 4) is 11.5 Å². The molecular weight excluding hydrogens is 270 g/mol. The Labute approximate surface area is 125 Å². The predicted octanol–water partition coefficient (Wildman–Crippen LogP) is 4.86. The summed E-state index contributed by atoms with van der Waals surface area (Å²) < 4.78 is 5.93. The lowest BCUT2D eigenvalue weighted by atomic mass is 10.1. The lowest BCUT2D eigenvalue weighted by Gasteiger charge is -2.12. The summed E-state index contributed by atoms with van der Waals surface area (Å²) in [5, 5.41) is 4.06. The lowest BCUT2D eigenvalue weighted by Crippen LogP contribution is -2.12. The second kappa shape index (κ2) is 6.78. The van der Waals surface area contributed by atoms with Crippen LogP contribution < -0.4 is 10.1 Å². The van der Waals surface area contributed by atoms with Crippen molar-refractivity contribution >= 4 is 11.6 Å². The van der Waals surface area contributed by atoms with Crippen molar-refractivity contribution in [2.45, 2.75) is 27.3 Å². The van der Waals surface area contributed by atoms with Gasteiger partial charge in [0.1, 0.15) is 11.5 Å². The van der Waals surface area contributed by atoms with Gasteiger partial charge >= 0.3 is 0 Å². The number of hydrogen-bond donors (Lipinski definition) is 1. The SMILES string of the molecule is CCNCc1ccc(Oc2ccc(Cl)cc2C)cc1C. The van der Waals surface area contributed by atoms with Crippen LogP contribution in [0.15, 0.2) is 36.4 Å². The second-order valence-electron chi connectivity index (χ2n) is 4.88. The third-order valence-corrected chi connectivity index (χ3v) is 3.48. The maximum Gasteiger partial charge on any atom is 0.130 e. The van der Waals surface area contributed by atoms with Gasteiger partial charge in [-0.1, -0.05) is 24.6 Å². The Bertz CT molecular complexity index is 596. The molecule has 0 amide bonds. The summed E-state index contributed by atoms with van der Waals surface area (Å²) in [4.78, 5) is 0. The van der Waals surface area contributed by atoms with Gasteiger partial charge in [0.05, 0.1) is 0 Å². The summed E-state index contributed by atoms with van der Waals surface area (Å²) in [5.74, 6) is 1.70. The van der Waals surface area contributed by atoms with Gasteiger partial charge in [-0.25, -0.2) is 0 Å². The molecule has 0 fully saturated rings. The van der Waals surface area contributed by atoms with E-state index < -0.39 is 0 Å². The van der Waals surface area contributed by atoms with Gasteiger partial charge in [0.2, 0.25) is 0 Å². The number of benzene rings is 2. The Kier molecular flexibility index (Phi) is 5.05. The molecule has 2 nitrogen and oxygen atoms in total. The van der Waals surface area contributed by atoms with Crippen molar-refractivity contribution in [1.82, 2.24) is 5.32 Å². The molecule has 2 aromatic rings. The first-order chi connectivity index (χ1) is 9.60. The molecule has 0 spiro atoms. The predicted molar refractivity (Wildman–Crippen MR) is 84.8 cm³/mol. The average molecular weight is 290 g/mol. The van der Waals surface area contributed by atoms with Crippen LogP contribution in [0.1, 0.15) is 23.6 Å². The summed E-state index contributed by atoms with van der Waals surface area (Å²) in [6, 6.07) is 11.8. The molecule has 0 aliphatic rings. The highest BCUT2D eigenvalue weighted by Gasteiger charge is 2.04. The van der Waals surface area contributed by atoms with E-state index in [1.165, 1.54) is 11.1 Å². The van der Waals surface area contributed by atoms with E-state index in [0.29, 0.717) is 0 Å². The van der Waals surface area contributed by atoms with Crippen LogP contribution in [0.25, 0.3) is 0 Å². The molecule has 106 valence electrons. The van der Waals surface area contributed by atoms with Crippen LogP contribution in [0.2, 0.25) is 5.02 Å². The van der Waals surface area contributed by atoms with E-state index in [1.54, 1.807) is 0 Å². The normalized spacial score (nSPS) is 10.6. The summed E-state index contributed by atoms with van der Waals surface area (Å²) >= 11 is 5.95. The van der Waals surface area contributed by atoms with E-state index in [0.717, 1.165) is 35.2 Å². The van der Waals surface area contributed by atoms with Crippen molar-refractivity contribution in [2.75, 3.05) is 6.54 Å². The fourth-order valence-electron chi connectivity index (χ4n) is 2.04. The first-order valence-corrected chi connectivity index (χ1v) is 7.22. The summed E-state index contributed by atoms with van der Waals surface area (Å²) in [7, 11) is 0. The molecule has 2 aromatic carbocycles. The van der Waals surface area contributed by atoms with Crippen LogP contribution in [-0.2, 0) is 6.54 Å². The van der Waals surface area contributed by atoms with Gasteiger partial charge in [-0.15, -0.1) is 0 Å². The molecule has 0 atom stereocenters. The van der Waals surface area contributed by atoms with Gasteiger partial charge in [0.15, 0.2) is 0 Å². The summed E-state index contributed by atoms with van der Waals surface area (Å²) in [5.41, 5.74) is 3.56. The van der Waals surface area contributed by atoms with Crippen LogP contribution in [0.5, 0.6) is 11.5 Å². The molecule has 0 radical (unpaired) electrons. The van der Waals surface area contributed by atoms with Crippen molar-refractivity contribution in [3.63, 3.8) is 0 Å². The molecule has 0 bridgehead atoms. The molecule has 0 saturated carbocycles. The minimum Gasteiger partial charge on any atom is -0.457 e. The molecule has 20 heavy (non-hydrogen) atoms. The minimum absolute atomic E-state index is 0.729. The molecule has 0 aliphatic carbocycles. The standard InChI is InChI=1S/C17H20ClNO/c1-4-19-11-14-5-7-16(10-12(14)2)20-17-8-6-15(18)9-13(17)3/h5-10,19H,4,11H2,1-3H3. The van der Waals surface area contributed by atoms with Crippen molar-refractivity contribution in [3.05, 3.63) is 58.1 Å². The van der Waals surface area contributed by atoms with Crippen molar-refractivity contribution in [2.24, 2.45) is 0 Å². The van der Waals surface area contributed by atoms with Crippen molar-refractivity contribution in [1.29, 1.82) is 0 Å². The van der Waals surface area contributed by atoms with Crippen LogP contribution in [0.4, 0.5) is 0 Å². The Morgan fingerprint density at radius 1 is 1.05 bits per heavy atom. The van der Waals surface area contributed by atoms with Gasteiger partial charge in [-0.05, 0) is 67.4 Å². The molecule has 3 heteroatoms. The van der Waals surface area contributed by atoms with E-state index >= 15 is 0 Å². The van der Waals surface area contributed by atoms with Crippen LogP contribution in [-0.4, -0.2) is 6.54 Å². The zero-order valence-corrected chi connectivity index (χ0v) is 12.9. The Balaban J connectivity index is 2.15. The maximum absolute atomic E-state index is 5.95. The molecule has 0 aromatic heterocycles. The largest absolute Gasteiger partial charge is 0.457 e. The lowest BCUT2D eigenvalue weighted by molar-refractivity contribution is 0.478. The molecule has 1 N–H and O–H groups in total. The second-order valence-corrected chi connectivity index (χ2v) is 5.32. The van der Waals surface area contributed by atoms with Gasteiger partial charge in [-0.2, -0.15) is 0 Å². The van der Waals surface area contributed by atoms with E-state index in [2.05, 4.69) is 31.3 Å². The van der Waals surface area contributed by atoms with E-state index in [9.17, 15) is 0 Å². The zero-order chi connectivity index (χ0) is 14.5. The van der Waals surface area contributed by atoms with Crippen LogP contribution in [0.3, 0.4) is 0 Å². The highest BCUT2D eigenvalue weighted by Crippen LogP contribution is 2.28. The number of nitrogens with one attached hydrogen (secondary N) is 1. The molecule has 0 unspecified atom stereocenters. The molecule has 0 heterocycles. The summed E-state index contributed by atoms with van der Waals surface area (Å²) in [6.07, 6.45) is 0. The molecule has 0 saturated heterocycles. The maximum atomic E-state index is 5.95. The van der Waals surface area contributed by atoms with E-state index in [1.807, 2.05) is 31.2 Å². The number of halogens is 1. The quantitative estimate of drug-likeness (QED) is 0.849. The summed E-state index contributed by atoms with van der Waals surface area (Å²) in [6.45, 7) is 8.07. The smallest absolute Gasteiger partial charge is 0.130 e. The first kappa shape index (κ1) is 14.9. The van der Waals surface area contributed by atoms with E-state index in [4.69, 9.17) is 16.3 Å². The Morgan fingerprint density at radius 3 is 2.50 bits per heavy atom. The fourth-order valence-corrected chi connectivity index (χ4v) is 2.27. The van der Waals surface area contributed by atoms with Crippen molar-refractivity contribution < 1.29 is 4.74 Å². The number of hydrogen-bond acceptors (Lipinski definition) is 2. The molecule has 0 aliphatic heterocycles. The third kappa shape index (κ3) is 3.75. The molecule has 2 rings (SSSR count). The first-order valence-electron chi connectivity index (χ1n) is 6.84. The average Bonchev–Trinajstić information content (AvgIpc) is 2.41. The minimum atomic E-state index is 0.729. The monoisotopic (exact) mass is 289 g/mol. The van der Waals surface area contributed by atoms with Crippen LogP contribution in [0, 0.1) is 13.8 Å². The third-order valence-electron chi connectivity index (χ3n) is 3.24. The zero-order valence-electron chi connectivity index (χ0n) is 12.2. The topological polar surface area (TPSA) is 21.3 Å². The van der Waals surface area contributed by atoms with Gasteiger partial charge in [0.25, 0.3) is 0 Å². The Hall–Kier alpha value is -1.51. The Morgan fingerprint density at radius 2 is 1.85 bits per heavy atom. The van der Waals surface area contributed by atoms with E-state index in [-0.39, 0.29) is 0 Å². The highest BCUT2D eigenvalue weighted by molar-refractivity contribution is 6.30. The highest BCUT2D eigenvalue weighted by atomic mass is 35.5.